The number of methoxy groups -OCH3 is 1. The summed E-state index contributed by atoms with van der Waals surface area (Å²) in [5.74, 6) is -2.18. The van der Waals surface area contributed by atoms with Gasteiger partial charge in [-0.2, -0.15) is 0 Å². The lowest BCUT2D eigenvalue weighted by Crippen LogP contribution is -2.38. The molecule has 1 aliphatic heterocycles. The molecule has 0 saturated carbocycles. The fourth-order valence-corrected chi connectivity index (χ4v) is 3.05. The molecule has 0 fully saturated rings. The Morgan fingerprint density at radius 3 is 2.28 bits per heavy atom. The Bertz CT molecular complexity index is 971. The van der Waals surface area contributed by atoms with Crippen molar-refractivity contribution in [2.24, 2.45) is 0 Å². The minimum absolute atomic E-state index is 0.229. The minimum Gasteiger partial charge on any atom is -0.495 e. The van der Waals surface area contributed by atoms with Crippen molar-refractivity contribution in [3.8, 4) is 5.75 Å². The van der Waals surface area contributed by atoms with Crippen molar-refractivity contribution < 1.29 is 28.7 Å². The maximum Gasteiger partial charge on any atom is 0.326 e. The van der Waals surface area contributed by atoms with Gasteiger partial charge in [0.1, 0.15) is 12.3 Å². The number of benzene rings is 2. The van der Waals surface area contributed by atoms with Crippen LogP contribution in [0.4, 0.5) is 5.69 Å². The third kappa shape index (κ3) is 4.22. The second-order valence-corrected chi connectivity index (χ2v) is 6.62. The molecular weight excluding hydrogens is 400 g/mol. The highest BCUT2D eigenvalue weighted by atomic mass is 35.5. The molecule has 1 atom stereocenters. The normalized spacial score (nSPS) is 13.7. The summed E-state index contributed by atoms with van der Waals surface area (Å²) in [6.07, 6.45) is -1.15. The number of halogens is 1. The van der Waals surface area contributed by atoms with Crippen molar-refractivity contribution in [1.29, 1.82) is 0 Å². The van der Waals surface area contributed by atoms with Gasteiger partial charge in [0.15, 0.2) is 6.10 Å². The van der Waals surface area contributed by atoms with E-state index in [1.54, 1.807) is 24.3 Å². The Labute approximate surface area is 171 Å². The highest BCUT2D eigenvalue weighted by molar-refractivity contribution is 6.32. The number of hydrogen-bond acceptors (Lipinski definition) is 6. The summed E-state index contributed by atoms with van der Waals surface area (Å²) in [7, 11) is 1.47. The summed E-state index contributed by atoms with van der Waals surface area (Å²) in [4.78, 5) is 49.8. The molecule has 0 radical (unpaired) electrons. The number of nitrogens with one attached hydrogen (secondary N) is 1. The molecule has 29 heavy (non-hydrogen) atoms. The van der Waals surface area contributed by atoms with E-state index < -0.39 is 36.3 Å². The monoisotopic (exact) mass is 416 g/mol. The lowest BCUT2D eigenvalue weighted by molar-refractivity contribution is -0.153. The SMILES string of the molecule is COc1ccc(NC(=O)C(C)OC(=O)CN2C(=O)c3ccccc3C2=O)cc1Cl. The van der Waals surface area contributed by atoms with Crippen molar-refractivity contribution in [2.45, 2.75) is 13.0 Å². The van der Waals surface area contributed by atoms with Gasteiger partial charge in [-0.3, -0.25) is 24.1 Å². The smallest absolute Gasteiger partial charge is 0.326 e. The molecule has 0 aromatic heterocycles. The molecule has 0 saturated heterocycles. The van der Waals surface area contributed by atoms with E-state index in [0.29, 0.717) is 16.5 Å². The highest BCUT2D eigenvalue weighted by Crippen LogP contribution is 2.27. The Hall–Kier alpha value is -3.39. The molecular formula is C20H17ClN2O6. The molecule has 150 valence electrons. The number of fused-ring (bicyclic) bond motifs is 1. The van der Waals surface area contributed by atoms with Crippen LogP contribution in [0.25, 0.3) is 0 Å². The van der Waals surface area contributed by atoms with Crippen LogP contribution in [0.5, 0.6) is 5.75 Å². The van der Waals surface area contributed by atoms with E-state index in [1.165, 1.54) is 32.2 Å². The third-order valence-electron chi connectivity index (χ3n) is 4.26. The quantitative estimate of drug-likeness (QED) is 0.573. The van der Waals surface area contributed by atoms with Crippen molar-refractivity contribution in [2.75, 3.05) is 19.0 Å². The lowest BCUT2D eigenvalue weighted by atomic mass is 10.1. The zero-order valence-electron chi connectivity index (χ0n) is 15.6. The summed E-state index contributed by atoms with van der Waals surface area (Å²) in [6.45, 7) is 0.791. The van der Waals surface area contributed by atoms with Crippen molar-refractivity contribution in [3.63, 3.8) is 0 Å². The number of amides is 3. The van der Waals surface area contributed by atoms with Gasteiger partial charge in [-0.15, -0.1) is 0 Å². The van der Waals surface area contributed by atoms with Gasteiger partial charge < -0.3 is 14.8 Å². The van der Waals surface area contributed by atoms with Gasteiger partial charge in [-0.05, 0) is 37.3 Å². The van der Waals surface area contributed by atoms with Crippen LogP contribution < -0.4 is 10.1 Å². The molecule has 9 heteroatoms. The first-order chi connectivity index (χ1) is 13.8. The number of nitrogens with zero attached hydrogens (tertiary/aromatic N) is 1. The van der Waals surface area contributed by atoms with Gasteiger partial charge in [0.05, 0.1) is 23.3 Å². The zero-order valence-corrected chi connectivity index (χ0v) is 16.4. The molecule has 1 unspecified atom stereocenters. The van der Waals surface area contributed by atoms with E-state index in [2.05, 4.69) is 5.32 Å². The molecule has 3 rings (SSSR count). The first kappa shape index (κ1) is 20.3. The van der Waals surface area contributed by atoms with Gasteiger partial charge in [-0.1, -0.05) is 23.7 Å². The third-order valence-corrected chi connectivity index (χ3v) is 4.56. The zero-order chi connectivity index (χ0) is 21.1. The average molecular weight is 417 g/mol. The number of ether oxygens (including phenoxy) is 2. The van der Waals surface area contributed by atoms with Crippen LogP contribution in [0.1, 0.15) is 27.6 Å². The lowest BCUT2D eigenvalue weighted by Gasteiger charge is -2.17. The number of imide groups is 1. The van der Waals surface area contributed by atoms with Crippen molar-refractivity contribution in [3.05, 3.63) is 58.6 Å². The van der Waals surface area contributed by atoms with Gasteiger partial charge in [0.2, 0.25) is 0 Å². The van der Waals surface area contributed by atoms with Gasteiger partial charge in [0, 0.05) is 5.69 Å². The highest BCUT2D eigenvalue weighted by Gasteiger charge is 2.37. The molecule has 0 bridgehead atoms. The number of anilines is 1. The Morgan fingerprint density at radius 1 is 1.10 bits per heavy atom. The van der Waals surface area contributed by atoms with Crippen LogP contribution in [-0.4, -0.2) is 48.3 Å². The summed E-state index contributed by atoms with van der Waals surface area (Å²) < 4.78 is 10.1. The number of hydrogen-bond donors (Lipinski definition) is 1. The summed E-state index contributed by atoms with van der Waals surface area (Å²) >= 11 is 6.01. The van der Waals surface area contributed by atoms with Crippen molar-refractivity contribution in [1.82, 2.24) is 4.90 Å². The van der Waals surface area contributed by atoms with Crippen molar-refractivity contribution >= 4 is 41.0 Å². The molecule has 1 aliphatic rings. The molecule has 1 N–H and O–H groups in total. The van der Waals surface area contributed by atoms with Gasteiger partial charge >= 0.3 is 5.97 Å². The standard InChI is InChI=1S/C20H17ClN2O6/c1-11(18(25)22-12-7-8-16(28-2)15(21)9-12)29-17(24)10-23-19(26)13-5-3-4-6-14(13)20(23)27/h3-9,11H,10H2,1-2H3,(H,22,25). The molecule has 2 aromatic carbocycles. The van der Waals surface area contributed by atoms with Crippen LogP contribution in [0.3, 0.4) is 0 Å². The summed E-state index contributed by atoms with van der Waals surface area (Å²) in [5, 5.41) is 2.87. The second-order valence-electron chi connectivity index (χ2n) is 6.21. The fraction of sp³-hybridized carbons (Fsp3) is 0.200. The van der Waals surface area contributed by atoms with Crippen LogP contribution >= 0.6 is 11.6 Å². The van der Waals surface area contributed by atoms with E-state index in [0.717, 1.165) is 4.90 Å². The molecule has 3 amide bonds. The maximum atomic E-state index is 12.3. The molecule has 1 heterocycles. The number of rotatable bonds is 6. The average Bonchev–Trinajstić information content (AvgIpc) is 2.93. The topological polar surface area (TPSA) is 102 Å². The Kier molecular flexibility index (Phi) is 5.84. The van der Waals surface area contributed by atoms with Gasteiger partial charge in [-0.25, -0.2) is 0 Å². The first-order valence-corrected chi connectivity index (χ1v) is 8.98. The van der Waals surface area contributed by atoms with Crippen LogP contribution in [0, 0.1) is 0 Å². The van der Waals surface area contributed by atoms with E-state index >= 15 is 0 Å². The van der Waals surface area contributed by atoms with E-state index in [1.807, 2.05) is 0 Å². The van der Waals surface area contributed by atoms with E-state index in [4.69, 9.17) is 21.1 Å². The second kappa shape index (κ2) is 8.32. The molecule has 0 spiro atoms. The largest absolute Gasteiger partial charge is 0.495 e. The van der Waals surface area contributed by atoms with E-state index in [-0.39, 0.29) is 11.1 Å². The predicted octanol–water partition coefficient (Wildman–Crippen LogP) is 2.52. The number of carbonyl (C=O) groups is 4. The fourth-order valence-electron chi connectivity index (χ4n) is 2.79. The van der Waals surface area contributed by atoms with Crippen LogP contribution in [0.15, 0.2) is 42.5 Å². The van der Waals surface area contributed by atoms with Gasteiger partial charge in [0.25, 0.3) is 17.7 Å². The Balaban J connectivity index is 1.58. The Morgan fingerprint density at radius 2 is 1.72 bits per heavy atom. The minimum atomic E-state index is -1.15. The molecule has 0 aliphatic carbocycles. The maximum absolute atomic E-state index is 12.3. The molecule has 8 nitrogen and oxygen atoms in total. The molecule has 2 aromatic rings. The van der Waals surface area contributed by atoms with Crippen LogP contribution in [-0.2, 0) is 14.3 Å². The van der Waals surface area contributed by atoms with Crippen LogP contribution in [0.2, 0.25) is 5.02 Å². The van der Waals surface area contributed by atoms with E-state index in [9.17, 15) is 19.2 Å². The first-order valence-electron chi connectivity index (χ1n) is 8.61. The summed E-state index contributed by atoms with van der Waals surface area (Å²) in [5.41, 5.74) is 0.851. The predicted molar refractivity (Wildman–Crippen MR) is 104 cm³/mol. The summed E-state index contributed by atoms with van der Waals surface area (Å²) in [6, 6.07) is 10.9. The number of esters is 1. The number of carbonyl (C=O) groups excluding carboxylic acids is 4.